The van der Waals surface area contributed by atoms with Gasteiger partial charge in [-0.1, -0.05) is 6.92 Å². The molecular formula is C20H22F2N6O. The van der Waals surface area contributed by atoms with Gasteiger partial charge in [0.15, 0.2) is 17.5 Å². The Morgan fingerprint density at radius 1 is 1.24 bits per heavy atom. The van der Waals surface area contributed by atoms with Gasteiger partial charge in [0.1, 0.15) is 11.5 Å². The monoisotopic (exact) mass is 400 g/mol. The van der Waals surface area contributed by atoms with Gasteiger partial charge in [-0.25, -0.2) is 23.7 Å². The predicted octanol–water partition coefficient (Wildman–Crippen LogP) is 3.55. The van der Waals surface area contributed by atoms with Gasteiger partial charge in [-0.3, -0.25) is 4.79 Å². The first-order chi connectivity index (χ1) is 14.0. The van der Waals surface area contributed by atoms with Gasteiger partial charge in [-0.05, 0) is 31.7 Å². The quantitative estimate of drug-likeness (QED) is 0.609. The number of halogens is 2. The molecule has 3 heterocycles. The Morgan fingerprint density at radius 2 is 2.07 bits per heavy atom. The summed E-state index contributed by atoms with van der Waals surface area (Å²) in [6.45, 7) is 1.82. The molecule has 152 valence electrons. The molecule has 29 heavy (non-hydrogen) atoms. The summed E-state index contributed by atoms with van der Waals surface area (Å²) < 4.78 is 28.0. The number of fused-ring (bicyclic) bond motifs is 1. The number of carbonyl (C=O) groups excluding carboxylic acids is 1. The van der Waals surface area contributed by atoms with Gasteiger partial charge < -0.3 is 15.6 Å². The molecular weight excluding hydrogens is 378 g/mol. The SMILES string of the molecule is CCC(=O)N[C@@H]1CCC[C@H](Nc2nc(-c3c[nH]c4ncc(F)cc34)ncc2F)C1. The van der Waals surface area contributed by atoms with E-state index in [-0.39, 0.29) is 29.6 Å². The molecule has 0 unspecified atom stereocenters. The Hall–Kier alpha value is -3.10. The lowest BCUT2D eigenvalue weighted by atomic mass is 9.91. The third-order valence-electron chi connectivity index (χ3n) is 5.18. The maximum absolute atomic E-state index is 14.4. The van der Waals surface area contributed by atoms with Crippen molar-refractivity contribution in [1.82, 2.24) is 25.3 Å². The van der Waals surface area contributed by atoms with E-state index in [0.29, 0.717) is 29.4 Å². The molecule has 1 aliphatic carbocycles. The Labute approximate surface area is 166 Å². The van der Waals surface area contributed by atoms with Crippen molar-refractivity contribution in [3.8, 4) is 11.4 Å². The number of pyridine rings is 1. The fourth-order valence-electron chi connectivity index (χ4n) is 3.74. The number of H-pyrrole nitrogens is 1. The second-order valence-electron chi connectivity index (χ2n) is 7.27. The number of nitrogens with zero attached hydrogens (tertiary/aromatic N) is 3. The van der Waals surface area contributed by atoms with E-state index in [4.69, 9.17) is 0 Å². The molecule has 4 rings (SSSR count). The minimum Gasteiger partial charge on any atom is -0.365 e. The maximum Gasteiger partial charge on any atom is 0.219 e. The normalized spacial score (nSPS) is 19.3. The van der Waals surface area contributed by atoms with Crippen molar-refractivity contribution in [1.29, 1.82) is 0 Å². The van der Waals surface area contributed by atoms with E-state index in [2.05, 4.69) is 30.6 Å². The summed E-state index contributed by atoms with van der Waals surface area (Å²) in [4.78, 5) is 27.0. The van der Waals surface area contributed by atoms with Gasteiger partial charge in [0.05, 0.1) is 12.4 Å². The van der Waals surface area contributed by atoms with Crippen molar-refractivity contribution >= 4 is 22.8 Å². The zero-order valence-electron chi connectivity index (χ0n) is 16.0. The van der Waals surface area contributed by atoms with Gasteiger partial charge in [-0.15, -0.1) is 0 Å². The number of hydrogen-bond acceptors (Lipinski definition) is 5. The van der Waals surface area contributed by atoms with Gasteiger partial charge in [0, 0.05) is 35.7 Å². The molecule has 3 aromatic rings. The van der Waals surface area contributed by atoms with Gasteiger partial charge >= 0.3 is 0 Å². The summed E-state index contributed by atoms with van der Waals surface area (Å²) in [5.41, 5.74) is 1.05. The number of amides is 1. The van der Waals surface area contributed by atoms with Gasteiger partial charge in [-0.2, -0.15) is 0 Å². The van der Waals surface area contributed by atoms with Gasteiger partial charge in [0.25, 0.3) is 0 Å². The lowest BCUT2D eigenvalue weighted by Crippen LogP contribution is -2.41. The van der Waals surface area contributed by atoms with Crippen LogP contribution in [0.3, 0.4) is 0 Å². The van der Waals surface area contributed by atoms with E-state index in [1.807, 2.05) is 6.92 Å². The molecule has 1 fully saturated rings. The van der Waals surface area contributed by atoms with Crippen molar-refractivity contribution in [2.45, 2.75) is 51.1 Å². The topological polar surface area (TPSA) is 95.6 Å². The van der Waals surface area contributed by atoms with E-state index in [0.717, 1.165) is 31.7 Å². The fraction of sp³-hybridized carbons (Fsp3) is 0.400. The molecule has 2 atom stereocenters. The standard InChI is InChI=1S/C20H22F2N6O/c1-2-17(29)26-12-4-3-5-13(7-12)27-20-16(22)10-25-19(28-20)15-9-24-18-14(15)6-11(21)8-23-18/h6,8-10,12-13H,2-5,7H2,1H3,(H,23,24)(H,26,29)(H,25,27,28)/t12-,13+/m1/s1. The van der Waals surface area contributed by atoms with E-state index in [9.17, 15) is 13.6 Å². The van der Waals surface area contributed by atoms with Crippen LogP contribution in [0.4, 0.5) is 14.6 Å². The summed E-state index contributed by atoms with van der Waals surface area (Å²) in [6.07, 6.45) is 7.71. The molecule has 1 aliphatic rings. The van der Waals surface area contributed by atoms with Gasteiger partial charge in [0.2, 0.25) is 5.91 Å². The first-order valence-corrected chi connectivity index (χ1v) is 9.75. The third-order valence-corrected chi connectivity index (χ3v) is 5.18. The van der Waals surface area contributed by atoms with Crippen LogP contribution in [-0.2, 0) is 4.79 Å². The van der Waals surface area contributed by atoms with Crippen LogP contribution in [0.2, 0.25) is 0 Å². The summed E-state index contributed by atoms with van der Waals surface area (Å²) in [6, 6.07) is 1.40. The second-order valence-corrected chi connectivity index (χ2v) is 7.27. The molecule has 1 amide bonds. The first kappa shape index (κ1) is 19.2. The molecule has 1 saturated carbocycles. The highest BCUT2D eigenvalue weighted by atomic mass is 19.1. The average molecular weight is 400 g/mol. The molecule has 7 nitrogen and oxygen atoms in total. The Balaban J connectivity index is 1.55. The lowest BCUT2D eigenvalue weighted by Gasteiger charge is -2.30. The van der Waals surface area contributed by atoms with E-state index >= 15 is 0 Å². The van der Waals surface area contributed by atoms with Crippen molar-refractivity contribution in [3.05, 3.63) is 36.3 Å². The molecule has 0 aliphatic heterocycles. The molecule has 0 spiro atoms. The van der Waals surface area contributed by atoms with Crippen LogP contribution < -0.4 is 10.6 Å². The number of carbonyl (C=O) groups is 1. The minimum atomic E-state index is -0.558. The fourth-order valence-corrected chi connectivity index (χ4v) is 3.74. The second kappa shape index (κ2) is 8.10. The highest BCUT2D eigenvalue weighted by Gasteiger charge is 2.24. The summed E-state index contributed by atoms with van der Waals surface area (Å²) in [5.74, 6) is -0.634. The van der Waals surface area contributed by atoms with Crippen molar-refractivity contribution in [3.63, 3.8) is 0 Å². The molecule has 9 heteroatoms. The molecule has 0 radical (unpaired) electrons. The number of rotatable bonds is 5. The van der Waals surface area contributed by atoms with Crippen LogP contribution in [-0.4, -0.2) is 37.9 Å². The van der Waals surface area contributed by atoms with Crippen LogP contribution in [0, 0.1) is 11.6 Å². The van der Waals surface area contributed by atoms with Crippen LogP contribution in [0.15, 0.2) is 24.7 Å². The molecule has 0 bridgehead atoms. The highest BCUT2D eigenvalue weighted by Crippen LogP contribution is 2.28. The smallest absolute Gasteiger partial charge is 0.219 e. The summed E-state index contributed by atoms with van der Waals surface area (Å²) in [5, 5.41) is 6.69. The highest BCUT2D eigenvalue weighted by molar-refractivity contribution is 5.91. The average Bonchev–Trinajstić information content (AvgIpc) is 3.13. The first-order valence-electron chi connectivity index (χ1n) is 9.75. The molecule has 0 saturated heterocycles. The predicted molar refractivity (Wildman–Crippen MR) is 105 cm³/mol. The van der Waals surface area contributed by atoms with Crippen LogP contribution in [0.25, 0.3) is 22.4 Å². The largest absolute Gasteiger partial charge is 0.365 e. The summed E-state index contributed by atoms with van der Waals surface area (Å²) in [7, 11) is 0. The van der Waals surface area contributed by atoms with Crippen LogP contribution in [0.5, 0.6) is 0 Å². The van der Waals surface area contributed by atoms with Crippen LogP contribution in [0.1, 0.15) is 39.0 Å². The third kappa shape index (κ3) is 4.18. The molecule has 3 N–H and O–H groups in total. The minimum absolute atomic E-state index is 0.00904. The lowest BCUT2D eigenvalue weighted by molar-refractivity contribution is -0.121. The number of nitrogens with one attached hydrogen (secondary N) is 3. The van der Waals surface area contributed by atoms with E-state index in [1.54, 1.807) is 6.20 Å². The Morgan fingerprint density at radius 3 is 2.90 bits per heavy atom. The zero-order valence-corrected chi connectivity index (χ0v) is 16.0. The number of anilines is 1. The van der Waals surface area contributed by atoms with Crippen molar-refractivity contribution < 1.29 is 13.6 Å². The molecule has 0 aromatic carbocycles. The summed E-state index contributed by atoms with van der Waals surface area (Å²) >= 11 is 0. The molecule has 3 aromatic heterocycles. The van der Waals surface area contributed by atoms with Crippen molar-refractivity contribution in [2.24, 2.45) is 0 Å². The van der Waals surface area contributed by atoms with E-state index < -0.39 is 11.6 Å². The number of aromatic amines is 1. The number of hydrogen-bond donors (Lipinski definition) is 3. The van der Waals surface area contributed by atoms with Crippen molar-refractivity contribution in [2.75, 3.05) is 5.32 Å². The number of aromatic nitrogens is 4. The zero-order chi connectivity index (χ0) is 20.4. The maximum atomic E-state index is 14.4. The van der Waals surface area contributed by atoms with Crippen LogP contribution >= 0.6 is 0 Å². The Bertz CT molecular complexity index is 1040. The van der Waals surface area contributed by atoms with E-state index in [1.165, 1.54) is 6.07 Å². The Kier molecular flexibility index (Phi) is 5.37.